The van der Waals surface area contributed by atoms with E-state index in [1.165, 1.54) is 9.13 Å². The molecule has 0 saturated heterocycles. The summed E-state index contributed by atoms with van der Waals surface area (Å²) < 4.78 is 1.26. The topological polar surface area (TPSA) is 17.1 Å². The molecule has 1 aromatic carbocycles. The number of hydrogen-bond donors (Lipinski definition) is 0. The van der Waals surface area contributed by atoms with Crippen molar-refractivity contribution in [1.82, 2.24) is 0 Å². The van der Waals surface area contributed by atoms with Crippen molar-refractivity contribution in [2.75, 3.05) is 0 Å². The Balaban J connectivity index is 3.06. The van der Waals surface area contributed by atoms with Crippen molar-refractivity contribution in [3.63, 3.8) is 0 Å². The molecule has 0 fully saturated rings. The number of halogens is 2. The van der Waals surface area contributed by atoms with Crippen molar-refractivity contribution in [1.29, 1.82) is 0 Å². The number of carbonyl (C=O) groups is 1. The van der Waals surface area contributed by atoms with E-state index in [-0.39, 0.29) is 10.6 Å². The van der Waals surface area contributed by atoms with Crippen molar-refractivity contribution >= 4 is 44.3 Å². The van der Waals surface area contributed by atoms with Gasteiger partial charge in [0, 0.05) is 3.57 Å². The van der Waals surface area contributed by atoms with Gasteiger partial charge in [0.2, 0.25) is 0 Å². The van der Waals surface area contributed by atoms with Crippen LogP contribution in [0.5, 0.6) is 0 Å². The van der Waals surface area contributed by atoms with Crippen molar-refractivity contribution in [2.45, 2.75) is 25.1 Å². The van der Waals surface area contributed by atoms with Crippen molar-refractivity contribution in [3.8, 4) is 0 Å². The zero-order valence-corrected chi connectivity index (χ0v) is 11.9. The lowest BCUT2D eigenvalue weighted by Crippen LogP contribution is -2.02. The molecule has 1 rings (SSSR count). The number of rotatable bonds is 3. The van der Waals surface area contributed by atoms with E-state index in [9.17, 15) is 4.79 Å². The summed E-state index contributed by atoms with van der Waals surface area (Å²) in [6.45, 7) is 3.72. The summed E-state index contributed by atoms with van der Waals surface area (Å²) in [5.74, 6) is 0.147. The SMILES string of the molecule is CCc1cc(C(Br)C(C)=O)ccc1I. The highest BCUT2D eigenvalue weighted by Crippen LogP contribution is 2.26. The minimum atomic E-state index is -0.162. The van der Waals surface area contributed by atoms with Crippen LogP contribution in [-0.4, -0.2) is 5.78 Å². The monoisotopic (exact) mass is 366 g/mol. The van der Waals surface area contributed by atoms with Crippen LogP contribution in [0.3, 0.4) is 0 Å². The number of benzene rings is 1. The van der Waals surface area contributed by atoms with Gasteiger partial charge in [0.25, 0.3) is 0 Å². The Labute approximate surface area is 107 Å². The number of carbonyl (C=O) groups excluding carboxylic acids is 1. The summed E-state index contributed by atoms with van der Waals surface area (Å²) in [4.78, 5) is 11.0. The highest BCUT2D eigenvalue weighted by atomic mass is 127. The standard InChI is InChI=1S/C11H12BrIO/c1-3-8-6-9(4-5-10(8)13)11(12)7(2)14/h4-6,11H,3H2,1-2H3. The van der Waals surface area contributed by atoms with Gasteiger partial charge in [-0.3, -0.25) is 4.79 Å². The Morgan fingerprint density at radius 2 is 2.21 bits per heavy atom. The van der Waals surface area contributed by atoms with Crippen LogP contribution < -0.4 is 0 Å². The maximum absolute atomic E-state index is 11.2. The van der Waals surface area contributed by atoms with Crippen LogP contribution in [0.25, 0.3) is 0 Å². The molecule has 0 amide bonds. The molecule has 0 bridgehead atoms. The molecule has 1 atom stereocenters. The van der Waals surface area contributed by atoms with Gasteiger partial charge in [0.05, 0.1) is 4.83 Å². The molecule has 1 aromatic rings. The molecule has 3 heteroatoms. The van der Waals surface area contributed by atoms with Crippen LogP contribution >= 0.6 is 38.5 Å². The van der Waals surface area contributed by atoms with Gasteiger partial charge in [-0.2, -0.15) is 0 Å². The van der Waals surface area contributed by atoms with Gasteiger partial charge in [-0.05, 0) is 53.1 Å². The van der Waals surface area contributed by atoms with Gasteiger partial charge in [0.1, 0.15) is 5.78 Å². The molecule has 0 radical (unpaired) electrons. The zero-order chi connectivity index (χ0) is 10.7. The first-order chi connectivity index (χ1) is 6.56. The highest BCUT2D eigenvalue weighted by Gasteiger charge is 2.13. The average molecular weight is 367 g/mol. The summed E-state index contributed by atoms with van der Waals surface area (Å²) in [6, 6.07) is 6.16. The molecule has 0 aliphatic carbocycles. The molecule has 1 nitrogen and oxygen atoms in total. The Kier molecular flexibility index (Phi) is 4.57. The summed E-state index contributed by atoms with van der Waals surface area (Å²) >= 11 is 5.70. The van der Waals surface area contributed by atoms with E-state index in [4.69, 9.17) is 0 Å². The number of hydrogen-bond acceptors (Lipinski definition) is 1. The maximum Gasteiger partial charge on any atom is 0.147 e. The van der Waals surface area contributed by atoms with Crippen molar-refractivity contribution < 1.29 is 4.79 Å². The van der Waals surface area contributed by atoms with Crippen LogP contribution in [0, 0.1) is 3.57 Å². The van der Waals surface area contributed by atoms with Gasteiger partial charge in [-0.15, -0.1) is 0 Å². The second-order valence-corrected chi connectivity index (χ2v) is 5.26. The lowest BCUT2D eigenvalue weighted by atomic mass is 10.1. The number of Topliss-reactive ketones (excluding diaryl/α,β-unsaturated/α-hetero) is 1. The Morgan fingerprint density at radius 3 is 2.71 bits per heavy atom. The first-order valence-electron chi connectivity index (χ1n) is 4.49. The number of alkyl halides is 1. The molecule has 14 heavy (non-hydrogen) atoms. The first kappa shape index (κ1) is 12.2. The minimum Gasteiger partial charge on any atom is -0.298 e. The Bertz CT molecular complexity index is 349. The second-order valence-electron chi connectivity index (χ2n) is 3.18. The van der Waals surface area contributed by atoms with Gasteiger partial charge < -0.3 is 0 Å². The van der Waals surface area contributed by atoms with E-state index in [0.29, 0.717) is 0 Å². The molecule has 0 saturated carbocycles. The van der Waals surface area contributed by atoms with Crippen LogP contribution in [0.1, 0.15) is 29.8 Å². The largest absolute Gasteiger partial charge is 0.298 e. The Hall–Kier alpha value is 0.100. The molecule has 0 N–H and O–H groups in total. The molecule has 0 aromatic heterocycles. The quantitative estimate of drug-likeness (QED) is 0.586. The molecule has 0 aliphatic rings. The third-order valence-corrected chi connectivity index (χ3v) is 4.33. The Morgan fingerprint density at radius 1 is 1.57 bits per heavy atom. The molecule has 0 spiro atoms. The lowest BCUT2D eigenvalue weighted by molar-refractivity contribution is -0.116. The lowest BCUT2D eigenvalue weighted by Gasteiger charge is -2.09. The van der Waals surface area contributed by atoms with Crippen molar-refractivity contribution in [2.24, 2.45) is 0 Å². The molecule has 0 heterocycles. The normalized spacial score (nSPS) is 12.6. The third kappa shape index (κ3) is 2.79. The molecular formula is C11H12BrIO. The summed E-state index contributed by atoms with van der Waals surface area (Å²) in [5.41, 5.74) is 2.35. The van der Waals surface area contributed by atoms with E-state index >= 15 is 0 Å². The van der Waals surface area contributed by atoms with E-state index < -0.39 is 0 Å². The van der Waals surface area contributed by atoms with Gasteiger partial charge >= 0.3 is 0 Å². The summed E-state index contributed by atoms with van der Waals surface area (Å²) in [5, 5.41) is 0. The minimum absolute atomic E-state index is 0.147. The van der Waals surface area contributed by atoms with Crippen LogP contribution in [0.2, 0.25) is 0 Å². The first-order valence-corrected chi connectivity index (χ1v) is 6.48. The van der Waals surface area contributed by atoms with Gasteiger partial charge in [0.15, 0.2) is 0 Å². The van der Waals surface area contributed by atoms with E-state index in [0.717, 1.165) is 12.0 Å². The van der Waals surface area contributed by atoms with Crippen LogP contribution in [-0.2, 0) is 11.2 Å². The van der Waals surface area contributed by atoms with E-state index in [2.05, 4.69) is 57.6 Å². The average Bonchev–Trinajstić information content (AvgIpc) is 2.17. The maximum atomic E-state index is 11.2. The van der Waals surface area contributed by atoms with E-state index in [1.807, 2.05) is 6.07 Å². The van der Waals surface area contributed by atoms with Crippen molar-refractivity contribution in [3.05, 3.63) is 32.9 Å². The molecule has 76 valence electrons. The predicted molar refractivity (Wildman–Crippen MR) is 70.9 cm³/mol. The number of ketones is 1. The fraction of sp³-hybridized carbons (Fsp3) is 0.364. The van der Waals surface area contributed by atoms with Crippen LogP contribution in [0.4, 0.5) is 0 Å². The molecule has 1 unspecified atom stereocenters. The van der Waals surface area contributed by atoms with Gasteiger partial charge in [-0.1, -0.05) is 35.0 Å². The molecule has 0 aliphatic heterocycles. The number of aryl methyl sites for hydroxylation is 1. The smallest absolute Gasteiger partial charge is 0.147 e. The van der Waals surface area contributed by atoms with E-state index in [1.54, 1.807) is 6.92 Å². The zero-order valence-electron chi connectivity index (χ0n) is 8.18. The van der Waals surface area contributed by atoms with Gasteiger partial charge in [-0.25, -0.2) is 0 Å². The predicted octanol–water partition coefficient (Wildman–Crippen LogP) is 3.88. The fourth-order valence-corrected chi connectivity index (χ4v) is 2.26. The highest BCUT2D eigenvalue weighted by molar-refractivity contribution is 14.1. The second kappa shape index (κ2) is 5.26. The summed E-state index contributed by atoms with van der Waals surface area (Å²) in [6.07, 6.45) is 1.00. The van der Waals surface area contributed by atoms with Crippen LogP contribution in [0.15, 0.2) is 18.2 Å². The third-order valence-electron chi connectivity index (χ3n) is 2.10. The fourth-order valence-electron chi connectivity index (χ4n) is 1.26. The summed E-state index contributed by atoms with van der Waals surface area (Å²) in [7, 11) is 0. The molecular weight excluding hydrogens is 355 g/mol.